The number of rotatable bonds is 2. The van der Waals surface area contributed by atoms with Crippen molar-refractivity contribution in [3.63, 3.8) is 0 Å². The van der Waals surface area contributed by atoms with E-state index >= 15 is 0 Å². The van der Waals surface area contributed by atoms with Crippen molar-refractivity contribution in [2.45, 2.75) is 31.2 Å². The molecule has 4 nitrogen and oxygen atoms in total. The van der Waals surface area contributed by atoms with Gasteiger partial charge in [-0.1, -0.05) is 5.16 Å². The Morgan fingerprint density at radius 3 is 2.81 bits per heavy atom. The summed E-state index contributed by atoms with van der Waals surface area (Å²) in [5.41, 5.74) is 7.03. The van der Waals surface area contributed by atoms with Crippen LogP contribution in [0.15, 0.2) is 27.2 Å². The molecule has 2 fully saturated rings. The second-order valence-corrected chi connectivity index (χ2v) is 6.88. The predicted molar refractivity (Wildman–Crippen MR) is 78.9 cm³/mol. The molecule has 21 heavy (non-hydrogen) atoms. The molecule has 110 valence electrons. The number of hydrogen-bond acceptors (Lipinski definition) is 4. The zero-order valence-electron chi connectivity index (χ0n) is 11.3. The lowest BCUT2D eigenvalue weighted by Gasteiger charge is -2.24. The Morgan fingerprint density at radius 1 is 1.29 bits per heavy atom. The molecule has 0 spiro atoms. The van der Waals surface area contributed by atoms with E-state index in [1.807, 2.05) is 0 Å². The molecule has 0 aliphatic heterocycles. The lowest BCUT2D eigenvalue weighted by atomic mass is 9.85. The van der Waals surface area contributed by atoms with Gasteiger partial charge in [-0.2, -0.15) is 4.98 Å². The van der Waals surface area contributed by atoms with Crippen molar-refractivity contribution < 1.29 is 8.91 Å². The standard InChI is InChI=1S/C15H15BrFN3O/c16-10-6-9(3-4-11(10)17)14-19-15(21-20-14)12-7-1-2-8(5-7)13(12)18/h3-4,6-8,12-13H,1-2,5,18H2. The van der Waals surface area contributed by atoms with Gasteiger partial charge in [0.25, 0.3) is 0 Å². The van der Waals surface area contributed by atoms with Crippen LogP contribution in [-0.4, -0.2) is 16.2 Å². The minimum absolute atomic E-state index is 0.122. The Balaban J connectivity index is 1.65. The molecule has 2 bridgehead atoms. The molecule has 1 heterocycles. The zero-order chi connectivity index (χ0) is 14.6. The first-order valence-corrected chi connectivity index (χ1v) is 7.97. The first-order valence-electron chi connectivity index (χ1n) is 7.18. The SMILES string of the molecule is NC1C2CCC(C2)C1c1nc(-c2ccc(F)c(Br)c2)no1. The van der Waals surface area contributed by atoms with Gasteiger partial charge in [-0.05, 0) is 65.2 Å². The molecule has 0 amide bonds. The van der Waals surface area contributed by atoms with Crippen LogP contribution in [0.4, 0.5) is 4.39 Å². The monoisotopic (exact) mass is 351 g/mol. The Kier molecular flexibility index (Phi) is 3.11. The quantitative estimate of drug-likeness (QED) is 0.899. The molecule has 2 aliphatic carbocycles. The van der Waals surface area contributed by atoms with Crippen molar-refractivity contribution in [2.24, 2.45) is 17.6 Å². The summed E-state index contributed by atoms with van der Waals surface area (Å²) in [4.78, 5) is 4.50. The summed E-state index contributed by atoms with van der Waals surface area (Å²) < 4.78 is 19.1. The number of benzene rings is 1. The van der Waals surface area contributed by atoms with Gasteiger partial charge in [0.2, 0.25) is 11.7 Å². The minimum atomic E-state index is -0.308. The summed E-state index contributed by atoms with van der Waals surface area (Å²) in [5.74, 6) is 2.14. The number of nitrogens with two attached hydrogens (primary N) is 1. The lowest BCUT2D eigenvalue weighted by Crippen LogP contribution is -2.34. The Morgan fingerprint density at radius 2 is 2.10 bits per heavy atom. The van der Waals surface area contributed by atoms with Gasteiger partial charge in [0, 0.05) is 11.6 Å². The molecule has 2 aromatic rings. The Labute approximate surface area is 130 Å². The van der Waals surface area contributed by atoms with E-state index in [1.54, 1.807) is 12.1 Å². The van der Waals surface area contributed by atoms with Crippen molar-refractivity contribution in [2.75, 3.05) is 0 Å². The van der Waals surface area contributed by atoms with Crippen LogP contribution in [0, 0.1) is 17.7 Å². The van der Waals surface area contributed by atoms with Crippen molar-refractivity contribution in [3.05, 3.63) is 34.4 Å². The summed E-state index contributed by atoms with van der Waals surface area (Å²) in [7, 11) is 0. The molecule has 1 aromatic heterocycles. The molecule has 2 saturated carbocycles. The molecular weight excluding hydrogens is 337 g/mol. The van der Waals surface area contributed by atoms with E-state index in [4.69, 9.17) is 10.3 Å². The third-order valence-electron chi connectivity index (χ3n) is 4.89. The maximum Gasteiger partial charge on any atom is 0.231 e. The topological polar surface area (TPSA) is 64.9 Å². The number of hydrogen-bond donors (Lipinski definition) is 1. The summed E-state index contributed by atoms with van der Waals surface area (Å²) in [6.45, 7) is 0. The molecular formula is C15H15BrFN3O. The highest BCUT2D eigenvalue weighted by Gasteiger charge is 2.48. The van der Waals surface area contributed by atoms with Gasteiger partial charge >= 0.3 is 0 Å². The summed E-state index contributed by atoms with van der Waals surface area (Å²) in [6.07, 6.45) is 3.59. The van der Waals surface area contributed by atoms with Crippen LogP contribution < -0.4 is 5.73 Å². The van der Waals surface area contributed by atoms with E-state index < -0.39 is 0 Å². The van der Waals surface area contributed by atoms with Crippen LogP contribution in [0.25, 0.3) is 11.4 Å². The largest absolute Gasteiger partial charge is 0.339 e. The highest BCUT2D eigenvalue weighted by atomic mass is 79.9. The highest BCUT2D eigenvalue weighted by molar-refractivity contribution is 9.10. The summed E-state index contributed by atoms with van der Waals surface area (Å²) >= 11 is 3.17. The van der Waals surface area contributed by atoms with E-state index in [9.17, 15) is 4.39 Å². The van der Waals surface area contributed by atoms with Gasteiger partial charge in [0.1, 0.15) is 5.82 Å². The molecule has 4 unspecified atom stereocenters. The predicted octanol–water partition coefficient (Wildman–Crippen LogP) is 3.48. The van der Waals surface area contributed by atoms with Gasteiger partial charge < -0.3 is 10.3 Å². The second-order valence-electron chi connectivity index (χ2n) is 6.02. The smallest absolute Gasteiger partial charge is 0.231 e. The highest BCUT2D eigenvalue weighted by Crippen LogP contribution is 2.51. The maximum atomic E-state index is 13.3. The van der Waals surface area contributed by atoms with Crippen LogP contribution in [0.2, 0.25) is 0 Å². The molecule has 4 rings (SSSR count). The third-order valence-corrected chi connectivity index (χ3v) is 5.49. The van der Waals surface area contributed by atoms with Crippen molar-refractivity contribution >= 4 is 15.9 Å². The van der Waals surface area contributed by atoms with Crippen LogP contribution in [0.3, 0.4) is 0 Å². The Hall–Kier alpha value is -1.27. The molecule has 2 aliphatic rings. The molecule has 1 aromatic carbocycles. The van der Waals surface area contributed by atoms with Gasteiger partial charge in [-0.25, -0.2) is 4.39 Å². The number of halogens is 2. The van der Waals surface area contributed by atoms with Crippen LogP contribution in [-0.2, 0) is 0 Å². The molecule has 4 atom stereocenters. The van der Waals surface area contributed by atoms with Crippen LogP contribution >= 0.6 is 15.9 Å². The van der Waals surface area contributed by atoms with Crippen molar-refractivity contribution in [1.29, 1.82) is 0 Å². The Bertz CT molecular complexity index is 687. The minimum Gasteiger partial charge on any atom is -0.339 e. The van der Waals surface area contributed by atoms with E-state index in [-0.39, 0.29) is 17.8 Å². The van der Waals surface area contributed by atoms with Crippen LogP contribution in [0.5, 0.6) is 0 Å². The number of fused-ring (bicyclic) bond motifs is 2. The molecule has 6 heteroatoms. The first-order chi connectivity index (χ1) is 10.1. The fourth-order valence-electron chi connectivity index (χ4n) is 3.83. The molecule has 0 radical (unpaired) electrons. The van der Waals surface area contributed by atoms with Gasteiger partial charge in [-0.3, -0.25) is 0 Å². The van der Waals surface area contributed by atoms with Gasteiger partial charge in [0.05, 0.1) is 10.4 Å². The van der Waals surface area contributed by atoms with E-state index in [0.29, 0.717) is 28.0 Å². The number of aromatic nitrogens is 2. The van der Waals surface area contributed by atoms with Gasteiger partial charge in [-0.15, -0.1) is 0 Å². The van der Waals surface area contributed by atoms with Crippen molar-refractivity contribution in [1.82, 2.24) is 10.1 Å². The lowest BCUT2D eigenvalue weighted by molar-refractivity contribution is 0.279. The average Bonchev–Trinajstić information content (AvgIpc) is 3.16. The molecule has 2 N–H and O–H groups in total. The molecule has 0 saturated heterocycles. The zero-order valence-corrected chi connectivity index (χ0v) is 12.9. The average molecular weight is 352 g/mol. The maximum absolute atomic E-state index is 13.3. The van der Waals surface area contributed by atoms with E-state index in [0.717, 1.165) is 5.56 Å². The van der Waals surface area contributed by atoms with Gasteiger partial charge in [0.15, 0.2) is 0 Å². The fraction of sp³-hybridized carbons (Fsp3) is 0.467. The van der Waals surface area contributed by atoms with Crippen molar-refractivity contribution in [3.8, 4) is 11.4 Å². The van der Waals surface area contributed by atoms with E-state index in [1.165, 1.54) is 25.3 Å². The number of nitrogens with zero attached hydrogens (tertiary/aromatic N) is 2. The van der Waals surface area contributed by atoms with Crippen LogP contribution in [0.1, 0.15) is 31.1 Å². The van der Waals surface area contributed by atoms with E-state index in [2.05, 4.69) is 26.1 Å². The normalized spacial score (nSPS) is 31.0. The first kappa shape index (κ1) is 13.4. The third kappa shape index (κ3) is 2.12. The second kappa shape index (κ2) is 4.88. The summed E-state index contributed by atoms with van der Waals surface area (Å²) in [5, 5.41) is 4.03. The fourth-order valence-corrected chi connectivity index (χ4v) is 4.20. The summed E-state index contributed by atoms with van der Waals surface area (Å²) in [6, 6.07) is 4.82.